The van der Waals surface area contributed by atoms with E-state index in [0.717, 1.165) is 0 Å². The number of carbonyl (C=O) groups excluding carboxylic acids is 4. The Morgan fingerprint density at radius 2 is 0.680 bits per heavy atom. The van der Waals surface area contributed by atoms with Crippen molar-refractivity contribution < 1.29 is 29.9 Å². The summed E-state index contributed by atoms with van der Waals surface area (Å²) in [6.07, 6.45) is 0. The Balaban J connectivity index is 6.05. The molecule has 25 heavy (non-hydrogen) atoms. The average molecular weight is 548 g/mol. The van der Waals surface area contributed by atoms with Crippen LogP contribution in [0.2, 0.25) is 0 Å². The van der Waals surface area contributed by atoms with Crippen LogP contribution < -0.4 is 0 Å². The Morgan fingerprint density at radius 1 is 0.520 bits per heavy atom. The van der Waals surface area contributed by atoms with E-state index >= 15 is 0 Å². The third-order valence-electron chi connectivity index (χ3n) is 2.26. The fourth-order valence-corrected chi connectivity index (χ4v) is 8.14. The quantitative estimate of drug-likeness (QED) is 0.335. The normalized spacial score (nSPS) is 10.1. The van der Waals surface area contributed by atoms with Crippen LogP contribution in [-0.2, 0) is 29.9 Å². The SMILES string of the molecule is C=C(C)C(=O)[O][Pb]([O]C(=O)C(=C)C)([O]C(=O)C(=C)C)[O]C(=O)C(=C)C. The van der Waals surface area contributed by atoms with Crippen LogP contribution in [0.4, 0.5) is 0 Å². The number of rotatable bonds is 8. The van der Waals surface area contributed by atoms with E-state index in [0.29, 0.717) is 0 Å². The molecule has 136 valence electrons. The second-order valence-electron chi connectivity index (χ2n) is 5.18. The summed E-state index contributed by atoms with van der Waals surface area (Å²) in [6.45, 7) is 18.7. The van der Waals surface area contributed by atoms with E-state index in [9.17, 15) is 19.2 Å². The molecule has 8 nitrogen and oxygen atoms in total. The summed E-state index contributed by atoms with van der Waals surface area (Å²) in [7, 11) is 0. The molecule has 0 saturated heterocycles. The molecule has 0 unspecified atom stereocenters. The van der Waals surface area contributed by atoms with Gasteiger partial charge in [0.05, 0.1) is 0 Å². The first kappa shape index (κ1) is 22.8. The summed E-state index contributed by atoms with van der Waals surface area (Å²) in [5.41, 5.74) is -0.357. The van der Waals surface area contributed by atoms with Crippen molar-refractivity contribution in [2.75, 3.05) is 0 Å². The van der Waals surface area contributed by atoms with E-state index < -0.39 is 46.9 Å². The van der Waals surface area contributed by atoms with Crippen molar-refractivity contribution in [3.8, 4) is 0 Å². The van der Waals surface area contributed by atoms with E-state index in [1.807, 2.05) is 0 Å². The zero-order valence-corrected chi connectivity index (χ0v) is 18.5. The third kappa shape index (κ3) is 7.46. The van der Waals surface area contributed by atoms with Crippen molar-refractivity contribution in [3.05, 3.63) is 48.6 Å². The molecule has 0 bridgehead atoms. The Labute approximate surface area is 153 Å². The van der Waals surface area contributed by atoms with Gasteiger partial charge in [0.25, 0.3) is 0 Å². The van der Waals surface area contributed by atoms with Crippen LogP contribution in [0.25, 0.3) is 0 Å². The topological polar surface area (TPSA) is 105 Å². The van der Waals surface area contributed by atoms with Crippen molar-refractivity contribution in [2.24, 2.45) is 0 Å². The summed E-state index contributed by atoms with van der Waals surface area (Å²) >= 11 is -6.03. The van der Waals surface area contributed by atoms with Crippen molar-refractivity contribution in [1.29, 1.82) is 0 Å². The third-order valence-corrected chi connectivity index (χ3v) is 9.04. The molecule has 0 aromatic rings. The fourth-order valence-electron chi connectivity index (χ4n) is 0.928. The molecule has 0 heterocycles. The standard InChI is InChI=1S/4C4H6O2.Pb/c4*1-3(2)4(5)6;/h4*1H2,2H3,(H,5,6);/q;;;;+4/p-4. The van der Waals surface area contributed by atoms with Gasteiger partial charge in [-0.05, 0) is 0 Å². The summed E-state index contributed by atoms with van der Waals surface area (Å²) < 4.78 is 20.0. The van der Waals surface area contributed by atoms with E-state index in [4.69, 9.17) is 10.7 Å². The van der Waals surface area contributed by atoms with Crippen LogP contribution in [0.5, 0.6) is 0 Å². The van der Waals surface area contributed by atoms with Crippen molar-refractivity contribution in [1.82, 2.24) is 0 Å². The van der Waals surface area contributed by atoms with Crippen LogP contribution in [0.1, 0.15) is 27.7 Å². The summed E-state index contributed by atoms with van der Waals surface area (Å²) in [6, 6.07) is 0. The Hall–Kier alpha value is -2.24. The van der Waals surface area contributed by atoms with Crippen molar-refractivity contribution >= 4 is 46.9 Å². The first-order chi connectivity index (χ1) is 11.3. The molecule has 9 heteroatoms. The van der Waals surface area contributed by atoms with Gasteiger partial charge in [0.15, 0.2) is 0 Å². The molecule has 0 rings (SSSR count). The number of hydrogen-bond donors (Lipinski definition) is 0. The van der Waals surface area contributed by atoms with Gasteiger partial charge in [0.1, 0.15) is 0 Å². The molecule has 0 N–H and O–H groups in total. The van der Waals surface area contributed by atoms with Crippen LogP contribution >= 0.6 is 0 Å². The number of carbonyl (C=O) groups is 4. The maximum absolute atomic E-state index is 11.9. The van der Waals surface area contributed by atoms with Gasteiger partial charge < -0.3 is 0 Å². The maximum atomic E-state index is 11.9. The molecule has 0 aliphatic rings. The predicted molar refractivity (Wildman–Crippen MR) is 89.4 cm³/mol. The zero-order chi connectivity index (χ0) is 19.9. The fraction of sp³-hybridized carbons (Fsp3) is 0.250. The molecule has 0 radical (unpaired) electrons. The molecule has 0 aromatic heterocycles. The molecule has 0 aromatic carbocycles. The minimum atomic E-state index is -6.03. The zero-order valence-electron chi connectivity index (χ0n) is 14.6. The van der Waals surface area contributed by atoms with Crippen molar-refractivity contribution in [2.45, 2.75) is 27.7 Å². The molecule has 0 aliphatic carbocycles. The Bertz CT molecular complexity index is 556. The summed E-state index contributed by atoms with van der Waals surface area (Å²) in [5, 5.41) is 0. The second-order valence-corrected chi connectivity index (χ2v) is 12.2. The van der Waals surface area contributed by atoms with Crippen molar-refractivity contribution in [3.63, 3.8) is 0 Å². The molecular weight excluding hydrogens is 527 g/mol. The molecule has 0 atom stereocenters. The molecule has 0 fully saturated rings. The first-order valence-electron chi connectivity index (χ1n) is 6.86. The van der Waals surface area contributed by atoms with E-state index in [2.05, 4.69) is 26.3 Å². The molecule has 0 saturated carbocycles. The predicted octanol–water partition coefficient (Wildman–Crippen LogP) is 1.90. The van der Waals surface area contributed by atoms with Gasteiger partial charge in [-0.25, -0.2) is 0 Å². The molecule has 0 amide bonds. The van der Waals surface area contributed by atoms with Crippen LogP contribution in [0.3, 0.4) is 0 Å². The molecule has 0 spiro atoms. The van der Waals surface area contributed by atoms with Gasteiger partial charge in [0.2, 0.25) is 0 Å². The summed E-state index contributed by atoms with van der Waals surface area (Å²) in [4.78, 5) is 47.6. The van der Waals surface area contributed by atoms with E-state index in [1.54, 1.807) is 0 Å². The second kappa shape index (κ2) is 9.30. The van der Waals surface area contributed by atoms with Gasteiger partial charge in [-0.1, -0.05) is 0 Å². The molecule has 0 aliphatic heterocycles. The molecular formula is C16H20O8Pb. The minimum absolute atomic E-state index is 0.0894. The van der Waals surface area contributed by atoms with Crippen LogP contribution in [0, 0.1) is 0 Å². The van der Waals surface area contributed by atoms with Gasteiger partial charge in [0, 0.05) is 0 Å². The summed E-state index contributed by atoms with van der Waals surface area (Å²) in [5.74, 6) is -4.22. The van der Waals surface area contributed by atoms with Crippen LogP contribution in [0.15, 0.2) is 48.6 Å². The van der Waals surface area contributed by atoms with Crippen LogP contribution in [-0.4, -0.2) is 46.9 Å². The monoisotopic (exact) mass is 548 g/mol. The average Bonchev–Trinajstić information content (AvgIpc) is 2.46. The van der Waals surface area contributed by atoms with Gasteiger partial charge in [-0.15, -0.1) is 0 Å². The Kier molecular flexibility index (Phi) is 8.47. The number of hydrogen-bond acceptors (Lipinski definition) is 8. The van der Waals surface area contributed by atoms with E-state index in [-0.39, 0.29) is 22.3 Å². The van der Waals surface area contributed by atoms with Gasteiger partial charge in [-0.3, -0.25) is 0 Å². The van der Waals surface area contributed by atoms with Gasteiger partial charge in [-0.2, -0.15) is 0 Å². The first-order valence-corrected chi connectivity index (χ1v) is 13.2. The van der Waals surface area contributed by atoms with Gasteiger partial charge >= 0.3 is 153 Å². The van der Waals surface area contributed by atoms with E-state index in [1.165, 1.54) is 27.7 Å². The Morgan fingerprint density at radius 3 is 0.800 bits per heavy atom.